The molecular formula is C18H23N5O2. The van der Waals surface area contributed by atoms with Gasteiger partial charge in [0.25, 0.3) is 0 Å². The van der Waals surface area contributed by atoms with Crippen molar-refractivity contribution in [3.05, 3.63) is 18.1 Å². The lowest BCUT2D eigenvalue weighted by atomic mass is 9.76. The molecule has 7 nitrogen and oxygen atoms in total. The van der Waals surface area contributed by atoms with Gasteiger partial charge in [-0.05, 0) is 38.8 Å². The number of hydrogen-bond donors (Lipinski definition) is 0. The molecule has 1 aromatic rings. The minimum Gasteiger partial charge on any atom is -0.461 e. The molecule has 0 N–H and O–H groups in total. The Bertz CT molecular complexity index is 687. The molecule has 3 aliphatic heterocycles. The summed E-state index contributed by atoms with van der Waals surface area (Å²) in [5.41, 5.74) is -0.00466. The highest BCUT2D eigenvalue weighted by Gasteiger charge is 2.50. The minimum atomic E-state index is -0.351. The van der Waals surface area contributed by atoms with Crippen LogP contribution in [0.1, 0.15) is 37.8 Å². The van der Waals surface area contributed by atoms with Gasteiger partial charge in [-0.1, -0.05) is 0 Å². The Morgan fingerprint density at radius 1 is 1.20 bits per heavy atom. The van der Waals surface area contributed by atoms with Crippen LogP contribution < -0.4 is 4.90 Å². The highest BCUT2D eigenvalue weighted by atomic mass is 16.6. The molecule has 0 saturated carbocycles. The second kappa shape index (κ2) is 6.60. The molecule has 0 aliphatic carbocycles. The van der Waals surface area contributed by atoms with Crippen molar-refractivity contribution < 1.29 is 9.53 Å². The molecule has 1 unspecified atom stereocenters. The van der Waals surface area contributed by atoms with Gasteiger partial charge in [0, 0.05) is 38.4 Å². The van der Waals surface area contributed by atoms with Crippen LogP contribution in [0.5, 0.6) is 0 Å². The molecule has 7 heteroatoms. The molecule has 25 heavy (non-hydrogen) atoms. The summed E-state index contributed by atoms with van der Waals surface area (Å²) in [5, 5.41) is 9.21. The van der Waals surface area contributed by atoms with Crippen molar-refractivity contribution in [3.63, 3.8) is 0 Å². The van der Waals surface area contributed by atoms with Crippen molar-refractivity contribution in [2.24, 2.45) is 5.41 Å². The Labute approximate surface area is 147 Å². The first kappa shape index (κ1) is 16.3. The first-order valence-corrected chi connectivity index (χ1v) is 9.10. The molecule has 132 valence electrons. The molecule has 1 spiro atoms. The maximum atomic E-state index is 12.6. The number of cyclic esters (lactones) is 1. The Morgan fingerprint density at radius 3 is 2.64 bits per heavy atom. The van der Waals surface area contributed by atoms with Crippen molar-refractivity contribution in [3.8, 4) is 6.07 Å². The Morgan fingerprint density at radius 2 is 1.92 bits per heavy atom. The van der Waals surface area contributed by atoms with E-state index in [-0.39, 0.29) is 17.5 Å². The van der Waals surface area contributed by atoms with Crippen LogP contribution >= 0.6 is 0 Å². The van der Waals surface area contributed by atoms with Gasteiger partial charge < -0.3 is 9.64 Å². The third-order valence-corrected chi connectivity index (χ3v) is 5.79. The SMILES string of the molecule is N#Cc1nccnc1N1CCC2(CC1)CC(CN1CCCC1)OC2=O. The lowest BCUT2D eigenvalue weighted by molar-refractivity contribution is -0.150. The van der Waals surface area contributed by atoms with Gasteiger partial charge in [0.1, 0.15) is 12.2 Å². The van der Waals surface area contributed by atoms with Gasteiger partial charge >= 0.3 is 5.97 Å². The minimum absolute atomic E-state index is 0.0309. The number of piperidine rings is 1. The van der Waals surface area contributed by atoms with E-state index in [1.54, 1.807) is 6.20 Å². The summed E-state index contributed by atoms with van der Waals surface area (Å²) in [6, 6.07) is 2.10. The average molecular weight is 341 g/mol. The first-order valence-electron chi connectivity index (χ1n) is 9.10. The van der Waals surface area contributed by atoms with Gasteiger partial charge in [-0.2, -0.15) is 5.26 Å². The topological polar surface area (TPSA) is 82.3 Å². The van der Waals surface area contributed by atoms with Crippen LogP contribution in [0.4, 0.5) is 5.82 Å². The van der Waals surface area contributed by atoms with Crippen LogP contribution in [0.15, 0.2) is 12.4 Å². The van der Waals surface area contributed by atoms with E-state index in [1.165, 1.54) is 19.0 Å². The van der Waals surface area contributed by atoms with Gasteiger partial charge in [-0.15, -0.1) is 0 Å². The molecule has 3 saturated heterocycles. The Kier molecular flexibility index (Phi) is 4.30. The van der Waals surface area contributed by atoms with Crippen molar-refractivity contribution >= 4 is 11.8 Å². The second-order valence-corrected chi connectivity index (χ2v) is 7.35. The van der Waals surface area contributed by atoms with E-state index in [0.717, 1.165) is 38.9 Å². The number of anilines is 1. The summed E-state index contributed by atoms with van der Waals surface area (Å²) < 4.78 is 5.72. The zero-order chi connectivity index (χ0) is 17.3. The predicted molar refractivity (Wildman–Crippen MR) is 90.8 cm³/mol. The zero-order valence-electron chi connectivity index (χ0n) is 14.4. The zero-order valence-corrected chi connectivity index (χ0v) is 14.4. The number of hydrogen-bond acceptors (Lipinski definition) is 7. The number of carbonyl (C=O) groups is 1. The van der Waals surface area contributed by atoms with Crippen LogP contribution in [-0.2, 0) is 9.53 Å². The Balaban J connectivity index is 1.40. The maximum absolute atomic E-state index is 12.6. The normalized spacial score (nSPS) is 26.0. The van der Waals surface area contributed by atoms with Crippen LogP contribution in [-0.4, -0.2) is 59.7 Å². The molecule has 1 aromatic heterocycles. The van der Waals surface area contributed by atoms with Crippen LogP contribution in [0.25, 0.3) is 0 Å². The quantitative estimate of drug-likeness (QED) is 0.767. The highest BCUT2D eigenvalue weighted by molar-refractivity contribution is 5.79. The summed E-state index contributed by atoms with van der Waals surface area (Å²) in [6.07, 6.45) is 8.00. The molecule has 0 aromatic carbocycles. The summed E-state index contributed by atoms with van der Waals surface area (Å²) in [4.78, 5) is 25.4. The van der Waals surface area contributed by atoms with E-state index in [0.29, 0.717) is 24.6 Å². The number of nitriles is 1. The Hall–Kier alpha value is -2.20. The van der Waals surface area contributed by atoms with Crippen molar-refractivity contribution in [1.82, 2.24) is 14.9 Å². The van der Waals surface area contributed by atoms with Crippen molar-refractivity contribution in [2.75, 3.05) is 37.6 Å². The monoisotopic (exact) mass is 341 g/mol. The first-order chi connectivity index (χ1) is 12.2. The summed E-state index contributed by atoms with van der Waals surface area (Å²) in [7, 11) is 0. The molecule has 1 atom stereocenters. The van der Waals surface area contributed by atoms with Gasteiger partial charge in [-0.3, -0.25) is 9.69 Å². The molecule has 4 rings (SSSR count). The number of esters is 1. The maximum Gasteiger partial charge on any atom is 0.312 e. The number of nitrogens with zero attached hydrogens (tertiary/aromatic N) is 5. The fourth-order valence-electron chi connectivity index (χ4n) is 4.39. The molecule has 0 bridgehead atoms. The largest absolute Gasteiger partial charge is 0.461 e. The van der Waals surface area contributed by atoms with Gasteiger partial charge in [0.2, 0.25) is 0 Å². The number of carbonyl (C=O) groups excluding carboxylic acids is 1. The predicted octanol–water partition coefficient (Wildman–Crippen LogP) is 1.35. The molecule has 3 fully saturated rings. The number of ether oxygens (including phenoxy) is 1. The molecule has 0 amide bonds. The third-order valence-electron chi connectivity index (χ3n) is 5.79. The number of rotatable bonds is 3. The van der Waals surface area contributed by atoms with E-state index < -0.39 is 0 Å². The summed E-state index contributed by atoms with van der Waals surface area (Å²) >= 11 is 0. The molecule has 3 aliphatic rings. The molecule has 4 heterocycles. The third kappa shape index (κ3) is 3.07. The van der Waals surface area contributed by atoms with Crippen LogP contribution in [0.3, 0.4) is 0 Å². The van der Waals surface area contributed by atoms with Gasteiger partial charge in [-0.25, -0.2) is 9.97 Å². The van der Waals surface area contributed by atoms with Crippen molar-refractivity contribution in [1.29, 1.82) is 5.26 Å². The van der Waals surface area contributed by atoms with E-state index in [2.05, 4.69) is 25.8 Å². The van der Waals surface area contributed by atoms with Gasteiger partial charge in [0.05, 0.1) is 5.41 Å². The fourth-order valence-corrected chi connectivity index (χ4v) is 4.39. The second-order valence-electron chi connectivity index (χ2n) is 7.35. The number of aromatic nitrogens is 2. The summed E-state index contributed by atoms with van der Waals surface area (Å²) in [6.45, 7) is 4.54. The van der Waals surface area contributed by atoms with E-state index in [9.17, 15) is 10.1 Å². The van der Waals surface area contributed by atoms with E-state index in [4.69, 9.17) is 4.74 Å². The number of likely N-dealkylation sites (tertiary alicyclic amines) is 1. The van der Waals surface area contributed by atoms with E-state index in [1.807, 2.05) is 0 Å². The molecular weight excluding hydrogens is 318 g/mol. The fraction of sp³-hybridized carbons (Fsp3) is 0.667. The van der Waals surface area contributed by atoms with E-state index >= 15 is 0 Å². The van der Waals surface area contributed by atoms with Crippen LogP contribution in [0, 0.1) is 16.7 Å². The highest BCUT2D eigenvalue weighted by Crippen LogP contribution is 2.44. The van der Waals surface area contributed by atoms with Crippen LogP contribution in [0.2, 0.25) is 0 Å². The standard InChI is InChI=1S/C18H23N5O2/c19-12-15-16(21-6-5-20-15)23-9-3-18(4-10-23)11-14(25-17(18)24)13-22-7-1-2-8-22/h5-6,14H,1-4,7-11,13H2. The van der Waals surface area contributed by atoms with Gasteiger partial charge in [0.15, 0.2) is 11.5 Å². The smallest absolute Gasteiger partial charge is 0.312 e. The molecule has 0 radical (unpaired) electrons. The lowest BCUT2D eigenvalue weighted by Crippen LogP contribution is -2.43. The van der Waals surface area contributed by atoms with Crippen molar-refractivity contribution in [2.45, 2.75) is 38.2 Å². The lowest BCUT2D eigenvalue weighted by Gasteiger charge is -2.37. The average Bonchev–Trinajstić information content (AvgIpc) is 3.25. The summed E-state index contributed by atoms with van der Waals surface area (Å²) in [5.74, 6) is 0.593.